The first kappa shape index (κ1) is 14.9. The number of pyridine rings is 1. The molecule has 4 heteroatoms. The van der Waals surface area contributed by atoms with Crippen LogP contribution in [0.1, 0.15) is 30.5 Å². The number of carbonyl (C=O) groups is 1. The number of nitrogens with one attached hydrogen (secondary N) is 1. The molecular weight excluding hydrogens is 298 g/mol. The van der Waals surface area contributed by atoms with Gasteiger partial charge in [0.2, 0.25) is 5.91 Å². The van der Waals surface area contributed by atoms with Crippen molar-refractivity contribution in [3.05, 3.63) is 65.5 Å². The predicted octanol–water partition coefficient (Wildman–Crippen LogP) is 3.03. The van der Waals surface area contributed by atoms with Gasteiger partial charge in [-0.1, -0.05) is 43.7 Å². The Bertz CT molecular complexity index is 841. The molecule has 0 bridgehead atoms. The van der Waals surface area contributed by atoms with Crippen LogP contribution < -0.4 is 10.2 Å². The van der Waals surface area contributed by atoms with Crippen molar-refractivity contribution >= 4 is 17.7 Å². The molecule has 1 aromatic heterocycles. The summed E-state index contributed by atoms with van der Waals surface area (Å²) >= 11 is 0. The highest BCUT2D eigenvalue weighted by atomic mass is 16.2. The summed E-state index contributed by atoms with van der Waals surface area (Å²) in [6.45, 7) is 6.89. The molecule has 1 aromatic carbocycles. The molecule has 24 heavy (non-hydrogen) atoms. The van der Waals surface area contributed by atoms with Gasteiger partial charge in [-0.2, -0.15) is 0 Å². The highest BCUT2D eigenvalue weighted by Gasteiger charge is 2.59. The largest absolute Gasteiger partial charge is 0.335 e. The van der Waals surface area contributed by atoms with Crippen molar-refractivity contribution in [2.24, 2.45) is 0 Å². The minimum Gasteiger partial charge on any atom is -0.335 e. The maximum Gasteiger partial charge on any atom is 0.241 e. The average molecular weight is 319 g/mol. The van der Waals surface area contributed by atoms with Crippen molar-refractivity contribution in [2.45, 2.75) is 31.8 Å². The molecule has 1 fully saturated rings. The average Bonchev–Trinajstić information content (AvgIpc) is 2.98. The normalized spacial score (nSPS) is 24.1. The van der Waals surface area contributed by atoms with Crippen LogP contribution in [-0.2, 0) is 10.2 Å². The van der Waals surface area contributed by atoms with E-state index in [1.54, 1.807) is 6.20 Å². The quantitative estimate of drug-likeness (QED) is 0.925. The number of nitrogens with zero attached hydrogens (tertiary/aromatic N) is 2. The second-order valence-corrected chi connectivity index (χ2v) is 7.17. The molecule has 0 radical (unpaired) electrons. The number of amides is 1. The second kappa shape index (κ2) is 4.94. The number of hydrogen-bond donors (Lipinski definition) is 1. The molecule has 1 amide bonds. The molecule has 122 valence electrons. The van der Waals surface area contributed by atoms with E-state index in [-0.39, 0.29) is 11.3 Å². The number of hydrogen-bond acceptors (Lipinski definition) is 3. The molecular formula is C20H21N3O. The standard InChI is InChI=1S/C20H21N3O/c1-14-6-7-17-16(11-14)19(2,3)20(22-18(24)13-23(17)20)9-8-15-5-4-10-21-12-15/h4-12H,13H2,1-3H3,(H,22,24). The third-order valence-corrected chi connectivity index (χ3v) is 5.33. The molecule has 0 aliphatic carbocycles. The molecule has 4 nitrogen and oxygen atoms in total. The molecule has 0 spiro atoms. The maximum absolute atomic E-state index is 12.2. The van der Waals surface area contributed by atoms with Crippen LogP contribution in [0.4, 0.5) is 5.69 Å². The number of fused-ring (bicyclic) bond motifs is 3. The Balaban J connectivity index is 1.86. The maximum atomic E-state index is 12.2. The summed E-state index contributed by atoms with van der Waals surface area (Å²) in [5.41, 5.74) is 3.89. The molecule has 2 aromatic rings. The van der Waals surface area contributed by atoms with Gasteiger partial charge in [-0.15, -0.1) is 0 Å². The van der Waals surface area contributed by atoms with E-state index in [9.17, 15) is 4.79 Å². The van der Waals surface area contributed by atoms with E-state index in [0.29, 0.717) is 6.54 Å². The van der Waals surface area contributed by atoms with Gasteiger partial charge in [-0.3, -0.25) is 9.78 Å². The third-order valence-electron chi connectivity index (χ3n) is 5.33. The van der Waals surface area contributed by atoms with Gasteiger partial charge < -0.3 is 10.2 Å². The van der Waals surface area contributed by atoms with Gasteiger partial charge in [0.1, 0.15) is 5.66 Å². The van der Waals surface area contributed by atoms with E-state index in [2.05, 4.69) is 60.2 Å². The van der Waals surface area contributed by atoms with E-state index in [4.69, 9.17) is 0 Å². The summed E-state index contributed by atoms with van der Waals surface area (Å²) in [5.74, 6) is 0.0603. The zero-order valence-electron chi connectivity index (χ0n) is 14.2. The van der Waals surface area contributed by atoms with Crippen LogP contribution in [0.15, 0.2) is 48.8 Å². The topological polar surface area (TPSA) is 45.2 Å². The van der Waals surface area contributed by atoms with Gasteiger partial charge in [-0.25, -0.2) is 0 Å². The Hall–Kier alpha value is -2.62. The number of aromatic nitrogens is 1. The van der Waals surface area contributed by atoms with Gasteiger partial charge in [0, 0.05) is 23.5 Å². The van der Waals surface area contributed by atoms with Gasteiger partial charge in [-0.05, 0) is 36.3 Å². The minimum atomic E-state index is -0.546. The van der Waals surface area contributed by atoms with Gasteiger partial charge in [0.25, 0.3) is 0 Å². The smallest absolute Gasteiger partial charge is 0.241 e. The lowest BCUT2D eigenvalue weighted by molar-refractivity contribution is -0.118. The fourth-order valence-corrected chi connectivity index (χ4v) is 3.98. The van der Waals surface area contributed by atoms with Crippen LogP contribution in [-0.4, -0.2) is 23.1 Å². The fraction of sp³-hybridized carbons (Fsp3) is 0.300. The number of carbonyl (C=O) groups excluding carboxylic acids is 1. The number of anilines is 1. The van der Waals surface area contributed by atoms with E-state index in [0.717, 1.165) is 11.3 Å². The van der Waals surface area contributed by atoms with Crippen molar-refractivity contribution in [1.82, 2.24) is 10.3 Å². The van der Waals surface area contributed by atoms with Crippen LogP contribution in [0.25, 0.3) is 6.08 Å². The molecule has 3 heterocycles. The lowest BCUT2D eigenvalue weighted by Crippen LogP contribution is -2.58. The minimum absolute atomic E-state index is 0.0603. The Labute approximate surface area is 142 Å². The zero-order chi connectivity index (χ0) is 16.9. The van der Waals surface area contributed by atoms with Crippen LogP contribution in [0, 0.1) is 6.92 Å². The molecule has 0 saturated carbocycles. The van der Waals surface area contributed by atoms with E-state index >= 15 is 0 Å². The Morgan fingerprint density at radius 3 is 2.88 bits per heavy atom. The molecule has 1 saturated heterocycles. The van der Waals surface area contributed by atoms with Crippen molar-refractivity contribution < 1.29 is 4.79 Å². The van der Waals surface area contributed by atoms with Crippen LogP contribution in [0.5, 0.6) is 0 Å². The molecule has 1 N–H and O–H groups in total. The van der Waals surface area contributed by atoms with Crippen LogP contribution >= 0.6 is 0 Å². The number of rotatable bonds is 2. The van der Waals surface area contributed by atoms with Crippen LogP contribution in [0.3, 0.4) is 0 Å². The summed E-state index contributed by atoms with van der Waals surface area (Å²) in [6, 6.07) is 10.4. The fourth-order valence-electron chi connectivity index (χ4n) is 3.98. The first-order valence-corrected chi connectivity index (χ1v) is 8.23. The van der Waals surface area contributed by atoms with Crippen molar-refractivity contribution in [2.75, 3.05) is 11.4 Å². The second-order valence-electron chi connectivity index (χ2n) is 7.17. The highest BCUT2D eigenvalue weighted by Crippen LogP contribution is 2.53. The Morgan fingerprint density at radius 2 is 2.12 bits per heavy atom. The summed E-state index contributed by atoms with van der Waals surface area (Å²) in [4.78, 5) is 18.6. The highest BCUT2D eigenvalue weighted by molar-refractivity contribution is 5.91. The van der Waals surface area contributed by atoms with Gasteiger partial charge in [0.15, 0.2) is 0 Å². The molecule has 4 rings (SSSR count). The summed E-state index contributed by atoms with van der Waals surface area (Å²) in [7, 11) is 0. The lowest BCUT2D eigenvalue weighted by Gasteiger charge is -2.40. The molecule has 2 aliphatic rings. The summed E-state index contributed by atoms with van der Waals surface area (Å²) in [6.07, 6.45) is 7.75. The monoisotopic (exact) mass is 319 g/mol. The lowest BCUT2D eigenvalue weighted by atomic mass is 9.75. The van der Waals surface area contributed by atoms with Gasteiger partial charge >= 0.3 is 0 Å². The van der Waals surface area contributed by atoms with E-state index in [1.165, 1.54) is 11.1 Å². The van der Waals surface area contributed by atoms with Crippen LogP contribution in [0.2, 0.25) is 0 Å². The molecule has 2 aliphatic heterocycles. The van der Waals surface area contributed by atoms with Crippen molar-refractivity contribution in [3.63, 3.8) is 0 Å². The van der Waals surface area contributed by atoms with Crippen molar-refractivity contribution in [1.29, 1.82) is 0 Å². The number of aryl methyl sites for hydroxylation is 1. The van der Waals surface area contributed by atoms with Gasteiger partial charge in [0.05, 0.1) is 6.54 Å². The summed E-state index contributed by atoms with van der Waals surface area (Å²) in [5, 5.41) is 3.24. The SMILES string of the molecule is Cc1ccc2c(c1)C(C)(C)C1(C=Cc3cccnc3)NC(=O)CN21. The first-order chi connectivity index (χ1) is 11.4. The Morgan fingerprint density at radius 1 is 1.29 bits per heavy atom. The number of benzene rings is 1. The van der Waals surface area contributed by atoms with Crippen molar-refractivity contribution in [3.8, 4) is 0 Å². The molecule has 1 unspecified atom stereocenters. The van der Waals surface area contributed by atoms with E-state index in [1.807, 2.05) is 24.4 Å². The van der Waals surface area contributed by atoms with E-state index < -0.39 is 5.66 Å². The summed E-state index contributed by atoms with van der Waals surface area (Å²) < 4.78 is 0. The predicted molar refractivity (Wildman–Crippen MR) is 95.7 cm³/mol. The first-order valence-electron chi connectivity index (χ1n) is 8.23. The molecule has 1 atom stereocenters. The zero-order valence-corrected chi connectivity index (χ0v) is 14.2. The Kier molecular flexibility index (Phi) is 3.07. The third kappa shape index (κ3) is 1.92.